The molecule has 0 aliphatic carbocycles. The van der Waals surface area contributed by atoms with Crippen LogP contribution in [0.2, 0.25) is 0 Å². The molecule has 0 spiro atoms. The summed E-state index contributed by atoms with van der Waals surface area (Å²) in [4.78, 5) is 16.3. The quantitative estimate of drug-likeness (QED) is 0.478. The van der Waals surface area contributed by atoms with Crippen LogP contribution in [0.15, 0.2) is 88.2 Å². The first kappa shape index (κ1) is 19.0. The molecule has 0 N–H and O–H groups in total. The smallest absolute Gasteiger partial charge is 0.261 e. The van der Waals surface area contributed by atoms with Gasteiger partial charge in [-0.15, -0.1) is 11.8 Å². The predicted molar refractivity (Wildman–Crippen MR) is 121 cm³/mol. The maximum atomic E-state index is 13.6. The zero-order valence-corrected chi connectivity index (χ0v) is 18.0. The Labute approximate surface area is 178 Å². The van der Waals surface area contributed by atoms with Crippen molar-refractivity contribution in [3.05, 3.63) is 110 Å². The van der Waals surface area contributed by atoms with E-state index in [1.165, 1.54) is 17.3 Å². The summed E-state index contributed by atoms with van der Waals surface area (Å²) in [5.41, 5.74) is 5.52. The van der Waals surface area contributed by atoms with Gasteiger partial charge in [0, 0.05) is 23.1 Å². The van der Waals surface area contributed by atoms with Gasteiger partial charge >= 0.3 is 0 Å². The standard InChI is InChI=1S/C24H20BrNOS/c1-28-23-22(18-11-7-12-20(25)14-18)21-13-6-5-10-19(21)16-26(24(23)27)15-17-8-3-2-4-9-17/h2-14H,15-16H2,1H3. The molecule has 1 aliphatic rings. The predicted octanol–water partition coefficient (Wildman–Crippen LogP) is 6.11. The maximum Gasteiger partial charge on any atom is 0.261 e. The van der Waals surface area contributed by atoms with E-state index in [0.717, 1.165) is 31.6 Å². The van der Waals surface area contributed by atoms with Crippen LogP contribution in [0.5, 0.6) is 0 Å². The molecule has 0 bridgehead atoms. The van der Waals surface area contributed by atoms with Crippen LogP contribution < -0.4 is 0 Å². The molecule has 28 heavy (non-hydrogen) atoms. The summed E-state index contributed by atoms with van der Waals surface area (Å²) in [6, 6.07) is 26.7. The molecular weight excluding hydrogens is 430 g/mol. The van der Waals surface area contributed by atoms with Crippen molar-refractivity contribution in [2.75, 3.05) is 6.26 Å². The minimum Gasteiger partial charge on any atom is -0.330 e. The number of nitrogens with zero attached hydrogens (tertiary/aromatic N) is 1. The molecular formula is C24H20BrNOS. The normalized spacial score (nSPS) is 14.1. The Balaban J connectivity index is 1.88. The van der Waals surface area contributed by atoms with Gasteiger partial charge in [0.1, 0.15) is 0 Å². The van der Waals surface area contributed by atoms with Crippen LogP contribution in [-0.2, 0) is 17.9 Å². The highest BCUT2D eigenvalue weighted by atomic mass is 79.9. The number of hydrogen-bond donors (Lipinski definition) is 0. The van der Waals surface area contributed by atoms with Gasteiger partial charge in [0.05, 0.1) is 4.91 Å². The van der Waals surface area contributed by atoms with Crippen molar-refractivity contribution in [1.82, 2.24) is 4.90 Å². The molecule has 1 aliphatic heterocycles. The van der Waals surface area contributed by atoms with Gasteiger partial charge < -0.3 is 4.90 Å². The molecule has 0 saturated heterocycles. The highest BCUT2D eigenvalue weighted by molar-refractivity contribution is 9.10. The second kappa shape index (κ2) is 8.38. The van der Waals surface area contributed by atoms with Gasteiger partial charge in [-0.1, -0.05) is 82.7 Å². The van der Waals surface area contributed by atoms with Crippen LogP contribution in [-0.4, -0.2) is 17.1 Å². The number of carbonyl (C=O) groups excluding carboxylic acids is 1. The molecule has 4 heteroatoms. The van der Waals surface area contributed by atoms with Gasteiger partial charge in [-0.2, -0.15) is 0 Å². The summed E-state index contributed by atoms with van der Waals surface area (Å²) in [7, 11) is 0. The summed E-state index contributed by atoms with van der Waals surface area (Å²) in [6.07, 6.45) is 1.99. The largest absolute Gasteiger partial charge is 0.330 e. The van der Waals surface area contributed by atoms with Gasteiger partial charge in [0.15, 0.2) is 0 Å². The summed E-state index contributed by atoms with van der Waals surface area (Å²) in [6.45, 7) is 1.20. The Morgan fingerprint density at radius 1 is 0.964 bits per heavy atom. The van der Waals surface area contributed by atoms with Crippen LogP contribution >= 0.6 is 27.7 Å². The van der Waals surface area contributed by atoms with E-state index in [4.69, 9.17) is 0 Å². The number of thioether (sulfide) groups is 1. The lowest BCUT2D eigenvalue weighted by Gasteiger charge is -2.22. The van der Waals surface area contributed by atoms with Crippen molar-refractivity contribution in [2.45, 2.75) is 13.1 Å². The van der Waals surface area contributed by atoms with Crippen LogP contribution in [0.1, 0.15) is 22.3 Å². The summed E-state index contributed by atoms with van der Waals surface area (Å²) < 4.78 is 1.01. The number of halogens is 1. The van der Waals surface area contributed by atoms with E-state index >= 15 is 0 Å². The lowest BCUT2D eigenvalue weighted by atomic mass is 9.94. The van der Waals surface area contributed by atoms with Crippen LogP contribution in [0.4, 0.5) is 0 Å². The molecule has 0 unspecified atom stereocenters. The second-order valence-electron chi connectivity index (χ2n) is 6.72. The van der Waals surface area contributed by atoms with E-state index < -0.39 is 0 Å². The first-order chi connectivity index (χ1) is 13.7. The zero-order chi connectivity index (χ0) is 19.5. The van der Waals surface area contributed by atoms with Crippen molar-refractivity contribution < 1.29 is 4.79 Å². The third kappa shape index (κ3) is 3.80. The second-order valence-corrected chi connectivity index (χ2v) is 8.45. The molecule has 140 valence electrons. The monoisotopic (exact) mass is 449 g/mol. The summed E-state index contributed by atoms with van der Waals surface area (Å²) in [5, 5.41) is 0. The highest BCUT2D eigenvalue weighted by Crippen LogP contribution is 2.38. The molecule has 0 aromatic heterocycles. The number of amides is 1. The van der Waals surface area contributed by atoms with Gasteiger partial charge in [-0.3, -0.25) is 4.79 Å². The van der Waals surface area contributed by atoms with E-state index in [1.807, 2.05) is 53.6 Å². The summed E-state index contributed by atoms with van der Waals surface area (Å²) >= 11 is 5.10. The van der Waals surface area contributed by atoms with Crippen molar-refractivity contribution in [2.24, 2.45) is 0 Å². The van der Waals surface area contributed by atoms with Crippen LogP contribution in [0.25, 0.3) is 5.57 Å². The zero-order valence-electron chi connectivity index (χ0n) is 15.6. The Hall–Kier alpha value is -2.30. The average molecular weight is 450 g/mol. The first-order valence-electron chi connectivity index (χ1n) is 9.13. The molecule has 0 saturated carbocycles. The van der Waals surface area contributed by atoms with Gasteiger partial charge in [-0.25, -0.2) is 0 Å². The Morgan fingerprint density at radius 3 is 2.46 bits per heavy atom. The highest BCUT2D eigenvalue weighted by Gasteiger charge is 2.28. The molecule has 2 nitrogen and oxygen atoms in total. The molecule has 0 atom stereocenters. The average Bonchev–Trinajstić information content (AvgIpc) is 2.83. The Bertz CT molecular complexity index is 1050. The van der Waals surface area contributed by atoms with Crippen molar-refractivity contribution in [3.8, 4) is 0 Å². The van der Waals surface area contributed by atoms with E-state index in [1.54, 1.807) is 0 Å². The maximum absolute atomic E-state index is 13.6. The minimum atomic E-state index is 0.0857. The molecule has 0 radical (unpaired) electrons. The van der Waals surface area contributed by atoms with E-state index in [2.05, 4.69) is 52.3 Å². The van der Waals surface area contributed by atoms with Crippen LogP contribution in [0.3, 0.4) is 0 Å². The van der Waals surface area contributed by atoms with Gasteiger partial charge in [0.25, 0.3) is 5.91 Å². The number of carbonyl (C=O) groups is 1. The van der Waals surface area contributed by atoms with E-state index in [-0.39, 0.29) is 5.91 Å². The van der Waals surface area contributed by atoms with E-state index in [0.29, 0.717) is 13.1 Å². The molecule has 1 heterocycles. The minimum absolute atomic E-state index is 0.0857. The number of benzene rings is 3. The van der Waals surface area contributed by atoms with Crippen molar-refractivity contribution in [3.63, 3.8) is 0 Å². The topological polar surface area (TPSA) is 20.3 Å². The fourth-order valence-corrected chi connectivity index (χ4v) is 4.74. The molecule has 3 aromatic carbocycles. The molecule has 0 fully saturated rings. The molecule has 4 rings (SSSR count). The van der Waals surface area contributed by atoms with Gasteiger partial charge in [0.2, 0.25) is 0 Å². The lowest BCUT2D eigenvalue weighted by molar-refractivity contribution is -0.127. The fourth-order valence-electron chi connectivity index (χ4n) is 3.60. The SMILES string of the molecule is CSC1=C(c2cccc(Br)c2)c2ccccc2CN(Cc2ccccc2)C1=O. The first-order valence-corrected chi connectivity index (χ1v) is 11.1. The van der Waals surface area contributed by atoms with Crippen molar-refractivity contribution >= 4 is 39.2 Å². The lowest BCUT2D eigenvalue weighted by Crippen LogP contribution is -2.29. The summed E-state index contributed by atoms with van der Waals surface area (Å²) in [5.74, 6) is 0.0857. The van der Waals surface area contributed by atoms with E-state index in [9.17, 15) is 4.79 Å². The number of rotatable bonds is 4. The molecule has 3 aromatic rings. The third-order valence-corrected chi connectivity index (χ3v) is 6.17. The fraction of sp³-hybridized carbons (Fsp3) is 0.125. The third-order valence-electron chi connectivity index (χ3n) is 4.89. The number of fused-ring (bicyclic) bond motifs is 1. The Morgan fingerprint density at radius 2 is 1.71 bits per heavy atom. The molecule has 1 amide bonds. The number of hydrogen-bond acceptors (Lipinski definition) is 2. The Kier molecular flexibility index (Phi) is 5.69. The van der Waals surface area contributed by atoms with Crippen LogP contribution in [0, 0.1) is 0 Å². The van der Waals surface area contributed by atoms with Gasteiger partial charge in [-0.05, 0) is 40.6 Å². The van der Waals surface area contributed by atoms with Crippen molar-refractivity contribution in [1.29, 1.82) is 0 Å².